The minimum atomic E-state index is -0.877. The molecule has 2 N–H and O–H groups in total. The molecule has 1 aromatic heterocycles. The van der Waals surface area contributed by atoms with Crippen LogP contribution in [-0.4, -0.2) is 51.8 Å². The van der Waals surface area contributed by atoms with Crippen LogP contribution in [0.5, 0.6) is 0 Å². The van der Waals surface area contributed by atoms with Crippen LogP contribution in [0.1, 0.15) is 39.7 Å². The van der Waals surface area contributed by atoms with Gasteiger partial charge in [0.05, 0.1) is 29.0 Å². The number of nitrogens with one attached hydrogen (secondary N) is 1. The molecular weight excluding hydrogens is 420 g/mol. The average molecular weight is 444 g/mol. The van der Waals surface area contributed by atoms with Crippen molar-refractivity contribution in [2.75, 3.05) is 6.79 Å². The van der Waals surface area contributed by atoms with Gasteiger partial charge in [-0.15, -0.1) is 0 Å². The average Bonchev–Trinajstić information content (AvgIpc) is 3.23. The maximum Gasteiger partial charge on any atom is 0.417 e. The molecule has 2 aliphatic heterocycles. The molecule has 1 saturated heterocycles. The van der Waals surface area contributed by atoms with Crippen molar-refractivity contribution in [2.45, 2.75) is 46.3 Å². The molecular formula is C22H24N2O8. The molecule has 0 unspecified atom stereocenters. The van der Waals surface area contributed by atoms with E-state index in [2.05, 4.69) is 4.98 Å². The van der Waals surface area contributed by atoms with Gasteiger partial charge in [-0.1, -0.05) is 6.07 Å². The van der Waals surface area contributed by atoms with Crippen molar-refractivity contribution < 1.29 is 33.4 Å². The number of β-lactam (4-membered cyclic amide) rings is 1. The van der Waals surface area contributed by atoms with E-state index in [1.54, 1.807) is 39.0 Å². The summed E-state index contributed by atoms with van der Waals surface area (Å²) in [5.41, 5.74) is 1.16. The Balaban J connectivity index is 1.65. The second-order valence-corrected chi connectivity index (χ2v) is 9.03. The van der Waals surface area contributed by atoms with Crippen LogP contribution in [0.2, 0.25) is 0 Å². The first-order valence-electron chi connectivity index (χ1n) is 10.2. The van der Waals surface area contributed by atoms with E-state index < -0.39 is 48.0 Å². The number of ether oxygens (including phenoxy) is 2. The summed E-state index contributed by atoms with van der Waals surface area (Å²) < 4.78 is 15.3. The molecule has 10 nitrogen and oxygen atoms in total. The van der Waals surface area contributed by atoms with Crippen LogP contribution < -0.4 is 5.76 Å². The van der Waals surface area contributed by atoms with Crippen molar-refractivity contribution in [1.82, 2.24) is 9.88 Å². The summed E-state index contributed by atoms with van der Waals surface area (Å²) in [6, 6.07) is 4.54. The first-order chi connectivity index (χ1) is 15.0. The summed E-state index contributed by atoms with van der Waals surface area (Å²) in [5.74, 6) is -2.98. The quantitative estimate of drug-likeness (QED) is 0.402. The number of hydrogen-bond donors (Lipinski definition) is 2. The molecule has 3 heterocycles. The van der Waals surface area contributed by atoms with Gasteiger partial charge in [0.15, 0.2) is 5.58 Å². The molecule has 3 atom stereocenters. The second kappa shape index (κ2) is 7.63. The van der Waals surface area contributed by atoms with Crippen molar-refractivity contribution in [2.24, 2.45) is 11.3 Å². The van der Waals surface area contributed by atoms with Crippen molar-refractivity contribution in [3.63, 3.8) is 0 Å². The molecule has 4 rings (SSSR count). The summed E-state index contributed by atoms with van der Waals surface area (Å²) in [5, 5.41) is 10.0. The molecule has 0 radical (unpaired) electrons. The van der Waals surface area contributed by atoms with Crippen LogP contribution in [0, 0.1) is 11.3 Å². The SMILES string of the molecule is C[C@@H](O)[C@@H]1C(=O)N2C(C(=O)OCOC(=O)C(C)(C)C)=C(c3ccc4[nH]c(=O)oc4c3)C[C@@H]12. The van der Waals surface area contributed by atoms with E-state index >= 15 is 0 Å². The van der Waals surface area contributed by atoms with E-state index in [0.29, 0.717) is 28.7 Å². The Labute approximate surface area is 182 Å². The molecule has 0 saturated carbocycles. The van der Waals surface area contributed by atoms with Crippen LogP contribution in [0.4, 0.5) is 0 Å². The number of fused-ring (bicyclic) bond motifs is 2. The largest absolute Gasteiger partial charge is 0.427 e. The van der Waals surface area contributed by atoms with E-state index in [4.69, 9.17) is 13.9 Å². The lowest BCUT2D eigenvalue weighted by Crippen LogP contribution is -2.61. The van der Waals surface area contributed by atoms with E-state index in [0.717, 1.165) is 0 Å². The highest BCUT2D eigenvalue weighted by molar-refractivity contribution is 6.07. The van der Waals surface area contributed by atoms with Gasteiger partial charge in [0.25, 0.3) is 0 Å². The van der Waals surface area contributed by atoms with E-state index in [-0.39, 0.29) is 11.6 Å². The number of carbonyl (C=O) groups excluding carboxylic acids is 3. The first-order valence-corrected chi connectivity index (χ1v) is 10.2. The number of aromatic nitrogens is 1. The number of carbonyl (C=O) groups is 3. The summed E-state index contributed by atoms with van der Waals surface area (Å²) in [7, 11) is 0. The van der Waals surface area contributed by atoms with Crippen molar-refractivity contribution in [3.8, 4) is 0 Å². The smallest absolute Gasteiger partial charge is 0.417 e. The Morgan fingerprint density at radius 3 is 2.66 bits per heavy atom. The summed E-state index contributed by atoms with van der Waals surface area (Å²) >= 11 is 0. The molecule has 1 amide bonds. The molecule has 2 aliphatic rings. The van der Waals surface area contributed by atoms with E-state index in [9.17, 15) is 24.3 Å². The number of aliphatic hydroxyl groups excluding tert-OH is 1. The number of aromatic amines is 1. The lowest BCUT2D eigenvalue weighted by Gasteiger charge is -2.44. The first kappa shape index (κ1) is 21.8. The Morgan fingerprint density at radius 1 is 1.28 bits per heavy atom. The Hall–Kier alpha value is -3.40. The number of nitrogens with zero attached hydrogens (tertiary/aromatic N) is 1. The van der Waals surface area contributed by atoms with Gasteiger partial charge in [0.1, 0.15) is 5.70 Å². The maximum absolute atomic E-state index is 12.9. The highest BCUT2D eigenvalue weighted by atomic mass is 16.7. The van der Waals surface area contributed by atoms with Crippen LogP contribution in [0.3, 0.4) is 0 Å². The van der Waals surface area contributed by atoms with Gasteiger partial charge < -0.3 is 23.9 Å². The Morgan fingerprint density at radius 2 is 2.00 bits per heavy atom. The van der Waals surface area contributed by atoms with Crippen molar-refractivity contribution in [1.29, 1.82) is 0 Å². The topological polar surface area (TPSA) is 139 Å². The molecule has 2 aromatic rings. The second-order valence-electron chi connectivity index (χ2n) is 9.03. The molecule has 10 heteroatoms. The number of esters is 2. The Bertz CT molecular complexity index is 1200. The number of oxazole rings is 1. The lowest BCUT2D eigenvalue weighted by atomic mass is 9.82. The number of aliphatic hydroxyl groups is 1. The molecule has 0 aliphatic carbocycles. The van der Waals surface area contributed by atoms with E-state index in [1.807, 2.05) is 0 Å². The number of hydrogen-bond acceptors (Lipinski definition) is 8. The van der Waals surface area contributed by atoms with Gasteiger partial charge in [0, 0.05) is 0 Å². The third-order valence-corrected chi connectivity index (χ3v) is 5.68. The third kappa shape index (κ3) is 3.60. The molecule has 0 bridgehead atoms. The molecule has 1 aromatic carbocycles. The predicted molar refractivity (Wildman–Crippen MR) is 111 cm³/mol. The zero-order chi connectivity index (χ0) is 23.4. The fourth-order valence-corrected chi connectivity index (χ4v) is 4.07. The zero-order valence-electron chi connectivity index (χ0n) is 18.1. The number of rotatable bonds is 5. The highest BCUT2D eigenvalue weighted by Crippen LogP contribution is 2.47. The minimum absolute atomic E-state index is 0.0286. The van der Waals surface area contributed by atoms with Crippen molar-refractivity contribution >= 4 is 34.5 Å². The van der Waals surface area contributed by atoms with Gasteiger partial charge in [-0.25, -0.2) is 9.59 Å². The summed E-state index contributed by atoms with van der Waals surface area (Å²) in [4.78, 5) is 52.9. The molecule has 1 fully saturated rings. The summed E-state index contributed by atoms with van der Waals surface area (Å²) in [6.45, 7) is 5.95. The van der Waals surface area contributed by atoms with Gasteiger partial charge in [-0.05, 0) is 57.4 Å². The van der Waals surface area contributed by atoms with Gasteiger partial charge >= 0.3 is 17.7 Å². The number of benzene rings is 1. The monoisotopic (exact) mass is 444 g/mol. The normalized spacial score (nSPS) is 21.4. The van der Waals surface area contributed by atoms with Gasteiger partial charge in [0.2, 0.25) is 12.7 Å². The van der Waals surface area contributed by atoms with Crippen LogP contribution in [0.15, 0.2) is 33.1 Å². The van der Waals surface area contributed by atoms with Crippen molar-refractivity contribution in [3.05, 3.63) is 40.0 Å². The van der Waals surface area contributed by atoms with Crippen LogP contribution >= 0.6 is 0 Å². The minimum Gasteiger partial charge on any atom is -0.427 e. The standard InChI is InChI=1S/C22H24N2O8/c1-10(25)16-14-8-12(11-5-6-13-15(7-11)32-21(29)23-13)17(24(14)18(16)26)19(27)30-9-31-20(28)22(2,3)4/h5-7,10,14,16,25H,8-9H2,1-4H3,(H,23,29)/t10-,14+,16+/m1/s1. The molecule has 0 spiro atoms. The van der Waals surface area contributed by atoms with E-state index in [1.165, 1.54) is 11.8 Å². The lowest BCUT2D eigenvalue weighted by molar-refractivity contribution is -0.175. The highest BCUT2D eigenvalue weighted by Gasteiger charge is 2.57. The van der Waals surface area contributed by atoms with Gasteiger partial charge in [-0.3, -0.25) is 14.6 Å². The maximum atomic E-state index is 12.9. The molecule has 32 heavy (non-hydrogen) atoms. The van der Waals surface area contributed by atoms with Crippen LogP contribution in [0.25, 0.3) is 16.7 Å². The fourth-order valence-electron chi connectivity index (χ4n) is 4.07. The van der Waals surface area contributed by atoms with Crippen LogP contribution in [-0.2, 0) is 23.9 Å². The summed E-state index contributed by atoms with van der Waals surface area (Å²) in [6.07, 6.45) is -0.563. The number of H-pyrrole nitrogens is 1. The third-order valence-electron chi connectivity index (χ3n) is 5.68. The number of amides is 1. The zero-order valence-corrected chi connectivity index (χ0v) is 18.1. The predicted octanol–water partition coefficient (Wildman–Crippen LogP) is 1.53. The Kier molecular flexibility index (Phi) is 5.20. The molecule has 170 valence electrons. The fraction of sp³-hybridized carbons (Fsp3) is 0.455. The van der Waals surface area contributed by atoms with Gasteiger partial charge in [-0.2, -0.15) is 0 Å².